The summed E-state index contributed by atoms with van der Waals surface area (Å²) in [5.74, 6) is -0.913. The second-order valence-corrected chi connectivity index (χ2v) is 4.24. The van der Waals surface area contributed by atoms with Crippen LogP contribution in [0.1, 0.15) is 29.8 Å². The number of H-pyrrole nitrogens is 1. The Morgan fingerprint density at radius 3 is 2.88 bits per heavy atom. The van der Waals surface area contributed by atoms with E-state index in [1.165, 1.54) is 0 Å². The average Bonchev–Trinajstić information content (AvgIpc) is 2.68. The molecule has 90 valence electrons. The van der Waals surface area contributed by atoms with Crippen LogP contribution in [0.2, 0.25) is 0 Å². The Morgan fingerprint density at radius 2 is 2.24 bits per heavy atom. The van der Waals surface area contributed by atoms with E-state index >= 15 is 0 Å². The van der Waals surface area contributed by atoms with Crippen LogP contribution in [0.3, 0.4) is 0 Å². The number of carboxylic acids is 1. The Bertz CT molecular complexity index is 543. The lowest BCUT2D eigenvalue weighted by molar-refractivity contribution is 0.0662. The van der Waals surface area contributed by atoms with Gasteiger partial charge in [-0.25, -0.2) is 4.79 Å². The van der Waals surface area contributed by atoms with Gasteiger partial charge in [0.15, 0.2) is 0 Å². The molecule has 0 aliphatic rings. The molecular weight excluding hydrogens is 218 g/mol. The maximum Gasteiger partial charge on any atom is 0.335 e. The van der Waals surface area contributed by atoms with Gasteiger partial charge in [0.25, 0.3) is 0 Å². The molecule has 0 amide bonds. The third kappa shape index (κ3) is 2.47. The van der Waals surface area contributed by atoms with Crippen LogP contribution in [-0.2, 0) is 11.3 Å². The van der Waals surface area contributed by atoms with Crippen molar-refractivity contribution in [2.45, 2.75) is 26.6 Å². The monoisotopic (exact) mass is 233 g/mol. The molecule has 0 aliphatic carbocycles. The van der Waals surface area contributed by atoms with Crippen molar-refractivity contribution in [1.82, 2.24) is 4.98 Å². The molecule has 4 nitrogen and oxygen atoms in total. The average molecular weight is 233 g/mol. The minimum Gasteiger partial charge on any atom is -0.478 e. The smallest absolute Gasteiger partial charge is 0.335 e. The summed E-state index contributed by atoms with van der Waals surface area (Å²) in [7, 11) is 0. The largest absolute Gasteiger partial charge is 0.478 e. The molecule has 2 rings (SSSR count). The molecule has 1 aromatic heterocycles. The fraction of sp³-hybridized carbons (Fsp3) is 0.308. The Hall–Kier alpha value is -1.81. The highest BCUT2D eigenvalue weighted by Gasteiger charge is 2.08. The Kier molecular flexibility index (Phi) is 3.15. The lowest BCUT2D eigenvalue weighted by Gasteiger charge is -2.06. The Labute approximate surface area is 99.2 Å². The van der Waals surface area contributed by atoms with Crippen LogP contribution in [0.25, 0.3) is 10.9 Å². The maximum absolute atomic E-state index is 10.9. The van der Waals surface area contributed by atoms with Gasteiger partial charge in [-0.05, 0) is 32.0 Å². The minimum atomic E-state index is -0.913. The zero-order valence-corrected chi connectivity index (χ0v) is 9.86. The number of aromatic amines is 1. The summed E-state index contributed by atoms with van der Waals surface area (Å²) in [6.45, 7) is 4.43. The first-order chi connectivity index (χ1) is 8.08. The molecule has 0 radical (unpaired) electrons. The predicted molar refractivity (Wildman–Crippen MR) is 65.2 cm³/mol. The summed E-state index contributed by atoms with van der Waals surface area (Å²) in [6.07, 6.45) is 2.01. The van der Waals surface area contributed by atoms with E-state index in [1.807, 2.05) is 20.0 Å². The number of ether oxygens (including phenoxy) is 1. The summed E-state index contributed by atoms with van der Waals surface area (Å²) in [5, 5.41) is 9.86. The van der Waals surface area contributed by atoms with Crippen LogP contribution in [0.15, 0.2) is 24.4 Å². The molecule has 17 heavy (non-hydrogen) atoms. The number of hydrogen-bond acceptors (Lipinski definition) is 2. The van der Waals surface area contributed by atoms with Gasteiger partial charge >= 0.3 is 5.97 Å². The van der Waals surface area contributed by atoms with E-state index in [2.05, 4.69) is 4.98 Å². The minimum absolute atomic E-state index is 0.155. The fourth-order valence-electron chi connectivity index (χ4n) is 1.69. The van der Waals surface area contributed by atoms with Gasteiger partial charge in [0.2, 0.25) is 0 Å². The first-order valence-electron chi connectivity index (χ1n) is 5.53. The molecule has 2 aromatic rings. The van der Waals surface area contributed by atoms with E-state index in [4.69, 9.17) is 9.84 Å². The van der Waals surface area contributed by atoms with Crippen LogP contribution < -0.4 is 0 Å². The number of aromatic carboxylic acids is 1. The van der Waals surface area contributed by atoms with Crippen LogP contribution >= 0.6 is 0 Å². The van der Waals surface area contributed by atoms with Crippen molar-refractivity contribution in [3.05, 3.63) is 35.5 Å². The van der Waals surface area contributed by atoms with Gasteiger partial charge in [-0.1, -0.05) is 0 Å². The zero-order valence-electron chi connectivity index (χ0n) is 9.86. The van der Waals surface area contributed by atoms with Gasteiger partial charge < -0.3 is 14.8 Å². The van der Waals surface area contributed by atoms with E-state index < -0.39 is 5.97 Å². The fourth-order valence-corrected chi connectivity index (χ4v) is 1.69. The molecular formula is C13H15NO3. The molecule has 0 saturated carbocycles. The van der Waals surface area contributed by atoms with Gasteiger partial charge in [-0.3, -0.25) is 0 Å². The SMILES string of the molecule is CC(C)OCc1c[nH]c2ccc(C(=O)O)cc12. The molecule has 2 N–H and O–H groups in total. The van der Waals surface area contributed by atoms with Gasteiger partial charge in [-0.15, -0.1) is 0 Å². The molecule has 0 fully saturated rings. The molecule has 0 aliphatic heterocycles. The van der Waals surface area contributed by atoms with Crippen LogP contribution in [0, 0.1) is 0 Å². The molecule has 4 heteroatoms. The molecule has 1 heterocycles. The number of aromatic nitrogens is 1. The quantitative estimate of drug-likeness (QED) is 0.853. The van der Waals surface area contributed by atoms with Crippen LogP contribution in [0.5, 0.6) is 0 Å². The van der Waals surface area contributed by atoms with Gasteiger partial charge in [0.1, 0.15) is 0 Å². The Balaban J connectivity index is 2.36. The standard InChI is InChI=1S/C13H15NO3/c1-8(2)17-7-10-6-14-12-4-3-9(13(15)16)5-11(10)12/h3-6,8,14H,7H2,1-2H3,(H,15,16). The molecule has 0 spiro atoms. The summed E-state index contributed by atoms with van der Waals surface area (Å²) < 4.78 is 5.53. The van der Waals surface area contributed by atoms with Crippen LogP contribution in [-0.4, -0.2) is 22.2 Å². The highest BCUT2D eigenvalue weighted by molar-refractivity contribution is 5.94. The summed E-state index contributed by atoms with van der Waals surface area (Å²) in [4.78, 5) is 14.0. The van der Waals surface area contributed by atoms with E-state index in [1.54, 1.807) is 18.2 Å². The van der Waals surface area contributed by atoms with Crippen molar-refractivity contribution in [2.24, 2.45) is 0 Å². The summed E-state index contributed by atoms with van der Waals surface area (Å²) in [6, 6.07) is 5.04. The van der Waals surface area contributed by atoms with E-state index in [0.717, 1.165) is 16.5 Å². The first-order valence-corrected chi connectivity index (χ1v) is 5.53. The first kappa shape index (κ1) is 11.7. The number of carbonyl (C=O) groups is 1. The van der Waals surface area contributed by atoms with Crippen LogP contribution in [0.4, 0.5) is 0 Å². The van der Waals surface area contributed by atoms with Crippen molar-refractivity contribution in [3.63, 3.8) is 0 Å². The van der Waals surface area contributed by atoms with E-state index in [-0.39, 0.29) is 6.10 Å². The lowest BCUT2D eigenvalue weighted by atomic mass is 10.1. The van der Waals surface area contributed by atoms with Crippen molar-refractivity contribution >= 4 is 16.9 Å². The number of hydrogen-bond donors (Lipinski definition) is 2. The van der Waals surface area contributed by atoms with Crippen molar-refractivity contribution in [3.8, 4) is 0 Å². The topological polar surface area (TPSA) is 62.3 Å². The molecule has 0 unspecified atom stereocenters. The lowest BCUT2D eigenvalue weighted by Crippen LogP contribution is -2.02. The highest BCUT2D eigenvalue weighted by atomic mass is 16.5. The number of rotatable bonds is 4. The van der Waals surface area contributed by atoms with Crippen molar-refractivity contribution in [2.75, 3.05) is 0 Å². The van der Waals surface area contributed by atoms with E-state index in [9.17, 15) is 4.79 Å². The van der Waals surface area contributed by atoms with Gasteiger partial charge in [0, 0.05) is 22.7 Å². The normalized spacial score (nSPS) is 11.2. The number of benzene rings is 1. The third-order valence-electron chi connectivity index (χ3n) is 2.59. The maximum atomic E-state index is 10.9. The molecule has 1 aromatic carbocycles. The third-order valence-corrected chi connectivity index (χ3v) is 2.59. The summed E-state index contributed by atoms with van der Waals surface area (Å²) in [5.41, 5.74) is 2.21. The van der Waals surface area contributed by atoms with Gasteiger partial charge in [0.05, 0.1) is 18.3 Å². The number of carboxylic acid groups (broad SMARTS) is 1. The zero-order chi connectivity index (χ0) is 12.4. The van der Waals surface area contributed by atoms with E-state index in [0.29, 0.717) is 12.2 Å². The molecule has 0 saturated heterocycles. The van der Waals surface area contributed by atoms with Gasteiger partial charge in [-0.2, -0.15) is 0 Å². The highest BCUT2D eigenvalue weighted by Crippen LogP contribution is 2.21. The predicted octanol–water partition coefficient (Wildman–Crippen LogP) is 2.79. The molecule has 0 bridgehead atoms. The van der Waals surface area contributed by atoms with Crippen molar-refractivity contribution < 1.29 is 14.6 Å². The number of nitrogens with one attached hydrogen (secondary N) is 1. The number of fused-ring (bicyclic) bond motifs is 1. The summed E-state index contributed by atoms with van der Waals surface area (Å²) >= 11 is 0. The second-order valence-electron chi connectivity index (χ2n) is 4.24. The van der Waals surface area contributed by atoms with Crippen molar-refractivity contribution in [1.29, 1.82) is 0 Å². The second kappa shape index (κ2) is 4.59. The Morgan fingerprint density at radius 1 is 1.47 bits per heavy atom. The molecule has 0 atom stereocenters.